The highest BCUT2D eigenvalue weighted by atomic mass is 35.5. The highest BCUT2D eigenvalue weighted by Gasteiger charge is 2.30. The Morgan fingerprint density at radius 1 is 1.26 bits per heavy atom. The lowest BCUT2D eigenvalue weighted by molar-refractivity contribution is -0.133. The van der Waals surface area contributed by atoms with Crippen LogP contribution in [0.1, 0.15) is 37.1 Å². The Bertz CT molecular complexity index is 1270. The van der Waals surface area contributed by atoms with Gasteiger partial charge in [-0.15, -0.1) is 0 Å². The van der Waals surface area contributed by atoms with E-state index in [1.165, 1.54) is 0 Å². The van der Waals surface area contributed by atoms with Gasteiger partial charge in [0.1, 0.15) is 17.4 Å². The van der Waals surface area contributed by atoms with E-state index in [2.05, 4.69) is 26.4 Å². The predicted octanol–water partition coefficient (Wildman–Crippen LogP) is 3.01. The van der Waals surface area contributed by atoms with E-state index in [0.717, 1.165) is 24.9 Å². The zero-order valence-electron chi connectivity index (χ0n) is 18.7. The number of nitriles is 1. The molecule has 176 valence electrons. The number of nitrogens with one attached hydrogen (secondary N) is 1. The van der Waals surface area contributed by atoms with Crippen LogP contribution >= 0.6 is 23.2 Å². The van der Waals surface area contributed by atoms with Crippen molar-refractivity contribution in [2.45, 2.75) is 31.8 Å². The van der Waals surface area contributed by atoms with Gasteiger partial charge in [-0.2, -0.15) is 10.4 Å². The first kappa shape index (κ1) is 22.8. The molecule has 2 fully saturated rings. The van der Waals surface area contributed by atoms with Gasteiger partial charge in [-0.05, 0) is 44.0 Å². The van der Waals surface area contributed by atoms with Gasteiger partial charge in [-0.1, -0.05) is 29.3 Å². The van der Waals surface area contributed by atoms with Crippen LogP contribution in [0.3, 0.4) is 0 Å². The number of benzene rings is 1. The summed E-state index contributed by atoms with van der Waals surface area (Å²) in [6.45, 7) is 5.45. The van der Waals surface area contributed by atoms with Crippen LogP contribution < -0.4 is 10.2 Å². The minimum absolute atomic E-state index is 0.0531. The zero-order valence-corrected chi connectivity index (χ0v) is 20.2. The van der Waals surface area contributed by atoms with Crippen LogP contribution in [-0.2, 0) is 4.79 Å². The van der Waals surface area contributed by atoms with E-state index in [9.17, 15) is 10.1 Å². The third-order valence-electron chi connectivity index (χ3n) is 6.55. The van der Waals surface area contributed by atoms with Crippen molar-refractivity contribution >= 4 is 46.1 Å². The van der Waals surface area contributed by atoms with Crippen LogP contribution in [0, 0.1) is 11.3 Å². The van der Waals surface area contributed by atoms with Gasteiger partial charge in [0.25, 0.3) is 0 Å². The lowest BCUT2D eigenvalue weighted by Crippen LogP contribution is -2.53. The van der Waals surface area contributed by atoms with Gasteiger partial charge in [0.05, 0.1) is 18.3 Å². The number of halogens is 2. The summed E-state index contributed by atoms with van der Waals surface area (Å²) in [5, 5.41) is 18.4. The number of anilines is 1. The Morgan fingerprint density at radius 2 is 2.06 bits per heavy atom. The van der Waals surface area contributed by atoms with Crippen molar-refractivity contribution in [3.8, 4) is 6.07 Å². The van der Waals surface area contributed by atoms with E-state index in [1.54, 1.807) is 23.0 Å². The maximum absolute atomic E-state index is 12.7. The molecule has 4 heterocycles. The van der Waals surface area contributed by atoms with Crippen molar-refractivity contribution < 1.29 is 4.79 Å². The zero-order chi connectivity index (χ0) is 23.8. The van der Waals surface area contributed by atoms with Gasteiger partial charge >= 0.3 is 0 Å². The second kappa shape index (κ2) is 9.37. The number of rotatable bonds is 4. The fourth-order valence-electron chi connectivity index (χ4n) is 4.64. The SMILES string of the molecule is CC(c1ccc(Cl)cc1Cl)n1nc(C#N)c2ncc(N3CCN(C(=O)C4CCCN4)CC3)nc21. The first-order chi connectivity index (χ1) is 16.5. The molecule has 0 saturated carbocycles. The number of amides is 1. The molecule has 1 amide bonds. The number of hydrogen-bond donors (Lipinski definition) is 1. The maximum atomic E-state index is 12.7. The molecule has 2 aliphatic rings. The van der Waals surface area contributed by atoms with Crippen molar-refractivity contribution in [3.05, 3.63) is 45.7 Å². The summed E-state index contributed by atoms with van der Waals surface area (Å²) in [7, 11) is 0. The lowest BCUT2D eigenvalue weighted by atomic mass is 10.1. The molecule has 0 aliphatic carbocycles. The third kappa shape index (κ3) is 4.17. The van der Waals surface area contributed by atoms with Crippen molar-refractivity contribution in [3.63, 3.8) is 0 Å². The van der Waals surface area contributed by atoms with Crippen LogP contribution in [-0.4, -0.2) is 69.3 Å². The first-order valence-electron chi connectivity index (χ1n) is 11.3. The summed E-state index contributed by atoms with van der Waals surface area (Å²) in [5.74, 6) is 0.878. The molecule has 2 atom stereocenters. The van der Waals surface area contributed by atoms with E-state index in [1.807, 2.05) is 17.9 Å². The summed E-state index contributed by atoms with van der Waals surface area (Å²) in [4.78, 5) is 26.1. The quantitative estimate of drug-likeness (QED) is 0.589. The molecule has 9 nitrogen and oxygen atoms in total. The summed E-state index contributed by atoms with van der Waals surface area (Å²) in [6, 6.07) is 7.08. The molecule has 1 aromatic carbocycles. The Hall–Kier alpha value is -2.93. The number of nitrogens with zero attached hydrogens (tertiary/aromatic N) is 7. The Labute approximate surface area is 207 Å². The summed E-state index contributed by atoms with van der Waals surface area (Å²) in [5.41, 5.74) is 2.00. The van der Waals surface area contributed by atoms with Gasteiger partial charge in [-0.3, -0.25) is 4.79 Å². The number of hydrogen-bond acceptors (Lipinski definition) is 7. The summed E-state index contributed by atoms with van der Waals surface area (Å²) < 4.78 is 1.69. The van der Waals surface area contributed by atoms with Crippen LogP contribution in [0.25, 0.3) is 11.2 Å². The van der Waals surface area contributed by atoms with Crippen molar-refractivity contribution in [2.75, 3.05) is 37.6 Å². The minimum atomic E-state index is -0.285. The van der Waals surface area contributed by atoms with Gasteiger partial charge in [0.2, 0.25) is 5.91 Å². The maximum Gasteiger partial charge on any atom is 0.239 e. The van der Waals surface area contributed by atoms with Gasteiger partial charge in [-0.25, -0.2) is 14.6 Å². The topological polar surface area (TPSA) is 103 Å². The number of fused-ring (bicyclic) bond motifs is 1. The average molecular weight is 499 g/mol. The molecule has 2 unspecified atom stereocenters. The van der Waals surface area contributed by atoms with E-state index in [0.29, 0.717) is 53.2 Å². The first-order valence-corrected chi connectivity index (χ1v) is 12.1. The molecule has 2 saturated heterocycles. The molecule has 3 aromatic rings. The molecule has 5 rings (SSSR count). The molecular weight excluding hydrogens is 475 g/mol. The van der Waals surface area contributed by atoms with Crippen LogP contribution in [0.5, 0.6) is 0 Å². The molecule has 2 aliphatic heterocycles. The van der Waals surface area contributed by atoms with Crippen LogP contribution in [0.15, 0.2) is 24.4 Å². The summed E-state index contributed by atoms with van der Waals surface area (Å²) in [6.07, 6.45) is 3.62. The van der Waals surface area contributed by atoms with E-state index >= 15 is 0 Å². The van der Waals surface area contributed by atoms with Crippen LogP contribution in [0.4, 0.5) is 5.82 Å². The smallest absolute Gasteiger partial charge is 0.239 e. The van der Waals surface area contributed by atoms with Crippen molar-refractivity contribution in [1.82, 2.24) is 30.0 Å². The van der Waals surface area contributed by atoms with Gasteiger partial charge < -0.3 is 15.1 Å². The van der Waals surface area contributed by atoms with E-state index < -0.39 is 0 Å². The fraction of sp³-hybridized carbons (Fsp3) is 0.435. The highest BCUT2D eigenvalue weighted by molar-refractivity contribution is 6.35. The molecule has 0 spiro atoms. The van der Waals surface area contributed by atoms with E-state index in [4.69, 9.17) is 28.2 Å². The monoisotopic (exact) mass is 498 g/mol. The normalized spacial score (nSPS) is 19.4. The minimum Gasteiger partial charge on any atom is -0.352 e. The van der Waals surface area contributed by atoms with Crippen molar-refractivity contribution in [2.24, 2.45) is 0 Å². The van der Waals surface area contributed by atoms with Crippen LogP contribution in [0.2, 0.25) is 10.0 Å². The number of aromatic nitrogens is 4. The Kier molecular flexibility index (Phi) is 6.30. The molecule has 0 radical (unpaired) electrons. The number of carbonyl (C=O) groups is 1. The molecule has 2 aromatic heterocycles. The molecule has 34 heavy (non-hydrogen) atoms. The molecular formula is C23H24Cl2N8O. The van der Waals surface area contributed by atoms with Crippen molar-refractivity contribution in [1.29, 1.82) is 5.26 Å². The average Bonchev–Trinajstić information content (AvgIpc) is 3.51. The Morgan fingerprint density at radius 3 is 2.74 bits per heavy atom. The molecule has 0 bridgehead atoms. The second-order valence-corrected chi connectivity index (χ2v) is 9.45. The summed E-state index contributed by atoms with van der Waals surface area (Å²) >= 11 is 12.5. The largest absolute Gasteiger partial charge is 0.352 e. The number of carbonyl (C=O) groups excluding carboxylic acids is 1. The third-order valence-corrected chi connectivity index (χ3v) is 7.11. The highest BCUT2D eigenvalue weighted by Crippen LogP contribution is 2.31. The standard InChI is InChI=1S/C23H24Cl2N8O/c1-14(16-5-4-15(24)11-17(16)25)33-22-21(19(12-26)30-33)28-13-20(29-22)31-7-9-32(10-8-31)23(34)18-3-2-6-27-18/h4-5,11,13-14,18,27H,2-3,6-10H2,1H3. The fourth-order valence-corrected chi connectivity index (χ4v) is 5.21. The number of piperazine rings is 1. The second-order valence-electron chi connectivity index (χ2n) is 8.61. The van der Waals surface area contributed by atoms with Gasteiger partial charge in [0, 0.05) is 36.2 Å². The molecule has 1 N–H and O–H groups in total. The van der Waals surface area contributed by atoms with E-state index in [-0.39, 0.29) is 23.7 Å². The van der Waals surface area contributed by atoms with Gasteiger partial charge in [0.15, 0.2) is 11.3 Å². The lowest BCUT2D eigenvalue weighted by Gasteiger charge is -2.36. The Balaban J connectivity index is 1.41. The molecule has 11 heteroatoms. The predicted molar refractivity (Wildman–Crippen MR) is 130 cm³/mol.